The molecule has 0 aliphatic heterocycles. The summed E-state index contributed by atoms with van der Waals surface area (Å²) in [5.41, 5.74) is -0.440. The summed E-state index contributed by atoms with van der Waals surface area (Å²) in [6.45, 7) is 3.93. The van der Waals surface area contributed by atoms with Crippen LogP contribution in [0.1, 0.15) is 51.5 Å². The summed E-state index contributed by atoms with van der Waals surface area (Å²) in [7, 11) is 0. The topological polar surface area (TPSA) is 9.23 Å². The molecule has 0 heterocycles. The number of rotatable bonds is 9. The molecule has 0 N–H and O–H groups in total. The van der Waals surface area contributed by atoms with Gasteiger partial charge in [0.25, 0.3) is 0 Å². The summed E-state index contributed by atoms with van der Waals surface area (Å²) in [5, 5.41) is 0. The van der Waals surface area contributed by atoms with Crippen LogP contribution in [0.5, 0.6) is 5.75 Å². The second kappa shape index (κ2) is 10.1. The van der Waals surface area contributed by atoms with Crippen molar-refractivity contribution >= 4 is 0 Å². The van der Waals surface area contributed by atoms with Crippen LogP contribution in [0.15, 0.2) is 36.6 Å². The largest absolute Gasteiger partial charge is 0.462 e. The van der Waals surface area contributed by atoms with E-state index in [0.29, 0.717) is 12.8 Å². The average Bonchev–Trinajstić information content (AvgIpc) is 2.66. The Morgan fingerprint density at radius 2 is 1.44 bits per heavy atom. The summed E-state index contributed by atoms with van der Waals surface area (Å²) in [6.07, 6.45) is 8.02. The van der Waals surface area contributed by atoms with Gasteiger partial charge in [0.2, 0.25) is 5.82 Å². The van der Waals surface area contributed by atoms with Crippen molar-refractivity contribution in [3.63, 3.8) is 0 Å². The van der Waals surface area contributed by atoms with Gasteiger partial charge in [0.15, 0.2) is 23.2 Å². The predicted octanol–water partition coefficient (Wildman–Crippen LogP) is 7.34. The fourth-order valence-electron chi connectivity index (χ4n) is 2.79. The molecule has 0 saturated carbocycles. The van der Waals surface area contributed by atoms with Crippen LogP contribution in [-0.2, 0) is 6.42 Å². The highest BCUT2D eigenvalue weighted by atomic mass is 19.2. The average molecular weight is 380 g/mol. The maximum Gasteiger partial charge on any atom is 0.201 e. The molecule has 0 atom stereocenters. The monoisotopic (exact) mass is 380 g/mol. The molecule has 146 valence electrons. The number of hydrogen-bond donors (Lipinski definition) is 0. The van der Waals surface area contributed by atoms with Crippen LogP contribution in [0.3, 0.4) is 0 Å². The van der Waals surface area contributed by atoms with E-state index in [2.05, 4.69) is 6.92 Å². The highest BCUT2D eigenvalue weighted by Gasteiger charge is 2.21. The highest BCUT2D eigenvalue weighted by molar-refractivity contribution is 5.66. The van der Waals surface area contributed by atoms with E-state index in [4.69, 9.17) is 4.74 Å². The van der Waals surface area contributed by atoms with Crippen molar-refractivity contribution in [1.29, 1.82) is 0 Å². The third-order valence-corrected chi connectivity index (χ3v) is 4.28. The Morgan fingerprint density at radius 1 is 0.778 bits per heavy atom. The predicted molar refractivity (Wildman–Crippen MR) is 99.6 cm³/mol. The molecule has 0 unspecified atom stereocenters. The SMILES string of the molecule is CCCCC/C=C/Oc1ccc(-c2ccc(CCC)c(F)c2F)c(F)c1F. The van der Waals surface area contributed by atoms with Gasteiger partial charge in [-0.1, -0.05) is 45.2 Å². The second-order valence-corrected chi connectivity index (χ2v) is 6.37. The number of halogens is 4. The maximum atomic E-state index is 14.4. The van der Waals surface area contributed by atoms with Crippen molar-refractivity contribution in [2.75, 3.05) is 0 Å². The van der Waals surface area contributed by atoms with E-state index in [-0.39, 0.29) is 22.4 Å². The van der Waals surface area contributed by atoms with Crippen LogP contribution in [0, 0.1) is 23.3 Å². The Balaban J connectivity index is 2.23. The molecule has 0 saturated heterocycles. The van der Waals surface area contributed by atoms with Gasteiger partial charge in [-0.2, -0.15) is 4.39 Å². The van der Waals surface area contributed by atoms with Crippen molar-refractivity contribution in [3.8, 4) is 16.9 Å². The first-order chi connectivity index (χ1) is 13.0. The van der Waals surface area contributed by atoms with Crippen molar-refractivity contribution < 1.29 is 22.3 Å². The minimum absolute atomic E-state index is 0.216. The molecule has 0 aliphatic rings. The smallest absolute Gasteiger partial charge is 0.201 e. The summed E-state index contributed by atoms with van der Waals surface area (Å²) in [5.74, 6) is -5.00. The standard InChI is InChI=1S/C22H24F4O/c1-3-5-6-7-8-14-27-18-13-12-17(21(25)22(18)26)16-11-10-15(9-4-2)19(23)20(16)24/h8,10-14H,3-7,9H2,1-2H3/b14-8+. The van der Waals surface area contributed by atoms with Crippen molar-refractivity contribution in [3.05, 3.63) is 65.4 Å². The zero-order valence-corrected chi connectivity index (χ0v) is 15.6. The van der Waals surface area contributed by atoms with Crippen LogP contribution in [0.4, 0.5) is 17.6 Å². The van der Waals surface area contributed by atoms with Crippen molar-refractivity contribution in [1.82, 2.24) is 0 Å². The Bertz CT molecular complexity index is 799. The number of aryl methyl sites for hydroxylation is 1. The normalized spacial score (nSPS) is 11.3. The lowest BCUT2D eigenvalue weighted by Gasteiger charge is -2.11. The molecule has 0 aliphatic carbocycles. The highest BCUT2D eigenvalue weighted by Crippen LogP contribution is 2.33. The van der Waals surface area contributed by atoms with Gasteiger partial charge in [-0.3, -0.25) is 0 Å². The second-order valence-electron chi connectivity index (χ2n) is 6.37. The molecule has 0 bridgehead atoms. The molecule has 27 heavy (non-hydrogen) atoms. The van der Waals surface area contributed by atoms with Gasteiger partial charge in [-0.05, 0) is 43.0 Å². The molecule has 5 heteroatoms. The maximum absolute atomic E-state index is 14.4. The number of unbranched alkanes of at least 4 members (excludes halogenated alkanes) is 3. The quantitative estimate of drug-likeness (QED) is 0.251. The summed E-state index contributed by atoms with van der Waals surface area (Å²) < 4.78 is 62.2. The van der Waals surface area contributed by atoms with Gasteiger partial charge >= 0.3 is 0 Å². The fraction of sp³-hybridized carbons (Fsp3) is 0.364. The molecule has 1 nitrogen and oxygen atoms in total. The first-order valence-corrected chi connectivity index (χ1v) is 9.28. The zero-order chi connectivity index (χ0) is 19.8. The Labute approximate surface area is 157 Å². The van der Waals surface area contributed by atoms with Gasteiger partial charge in [-0.25, -0.2) is 13.2 Å². The van der Waals surface area contributed by atoms with Crippen molar-refractivity contribution in [2.24, 2.45) is 0 Å². The first kappa shape index (κ1) is 21.0. The lowest BCUT2D eigenvalue weighted by Crippen LogP contribution is -2.00. The summed E-state index contributed by atoms with van der Waals surface area (Å²) >= 11 is 0. The first-order valence-electron chi connectivity index (χ1n) is 9.28. The van der Waals surface area contributed by atoms with Crippen molar-refractivity contribution in [2.45, 2.75) is 52.4 Å². The molecular formula is C22H24F4O. The van der Waals surface area contributed by atoms with Gasteiger partial charge in [0.05, 0.1) is 6.26 Å². The van der Waals surface area contributed by atoms with Gasteiger partial charge < -0.3 is 4.74 Å². The molecule has 2 aromatic carbocycles. The summed E-state index contributed by atoms with van der Waals surface area (Å²) in [4.78, 5) is 0. The number of ether oxygens (including phenoxy) is 1. The van der Waals surface area contributed by atoms with E-state index in [1.807, 2.05) is 6.92 Å². The van der Waals surface area contributed by atoms with E-state index in [9.17, 15) is 17.6 Å². The molecule has 0 amide bonds. The Morgan fingerprint density at radius 3 is 2.11 bits per heavy atom. The molecule has 0 aromatic heterocycles. The molecule has 0 spiro atoms. The van der Waals surface area contributed by atoms with Gasteiger partial charge in [0.1, 0.15) is 0 Å². The fourth-order valence-corrected chi connectivity index (χ4v) is 2.79. The Hall–Kier alpha value is -2.30. The lowest BCUT2D eigenvalue weighted by atomic mass is 10.00. The zero-order valence-electron chi connectivity index (χ0n) is 15.6. The summed E-state index contributed by atoms with van der Waals surface area (Å²) in [6, 6.07) is 5.07. The number of hydrogen-bond acceptors (Lipinski definition) is 1. The third-order valence-electron chi connectivity index (χ3n) is 4.28. The van der Waals surface area contributed by atoms with Gasteiger partial charge in [-0.15, -0.1) is 0 Å². The van der Waals surface area contributed by atoms with Crippen LogP contribution in [0.25, 0.3) is 11.1 Å². The van der Waals surface area contributed by atoms with E-state index < -0.39 is 23.3 Å². The molecule has 2 rings (SSSR count). The molecule has 2 aromatic rings. The van der Waals surface area contributed by atoms with E-state index in [0.717, 1.165) is 25.7 Å². The lowest BCUT2D eigenvalue weighted by molar-refractivity contribution is 0.414. The Kier molecular flexibility index (Phi) is 7.89. The molecular weight excluding hydrogens is 356 g/mol. The van der Waals surface area contributed by atoms with Gasteiger partial charge in [0, 0.05) is 11.1 Å². The number of allylic oxidation sites excluding steroid dienone is 1. The minimum atomic E-state index is -1.27. The third kappa shape index (κ3) is 5.12. The van der Waals surface area contributed by atoms with Crippen LogP contribution in [0.2, 0.25) is 0 Å². The molecule has 0 radical (unpaired) electrons. The van der Waals surface area contributed by atoms with Crippen LogP contribution in [-0.4, -0.2) is 0 Å². The molecule has 0 fully saturated rings. The van der Waals surface area contributed by atoms with Crippen LogP contribution >= 0.6 is 0 Å². The van der Waals surface area contributed by atoms with E-state index >= 15 is 0 Å². The number of benzene rings is 2. The van der Waals surface area contributed by atoms with Crippen LogP contribution < -0.4 is 4.74 Å². The minimum Gasteiger partial charge on any atom is -0.462 e. The van der Waals surface area contributed by atoms with E-state index in [1.54, 1.807) is 6.08 Å². The van der Waals surface area contributed by atoms with E-state index in [1.165, 1.54) is 30.5 Å².